The molecular formula is C15H19NO2. The normalized spacial score (nSPS) is 25.7. The zero-order chi connectivity index (χ0) is 12.5. The average molecular weight is 245 g/mol. The number of furan rings is 1. The second kappa shape index (κ2) is 4.75. The number of ether oxygens (including phenoxy) is 1. The molecule has 0 saturated carbocycles. The Morgan fingerprint density at radius 1 is 1.33 bits per heavy atom. The lowest BCUT2D eigenvalue weighted by molar-refractivity contribution is 0.110. The molecule has 1 aromatic heterocycles. The summed E-state index contributed by atoms with van der Waals surface area (Å²) >= 11 is 0. The summed E-state index contributed by atoms with van der Waals surface area (Å²) in [7, 11) is 0. The van der Waals surface area contributed by atoms with E-state index >= 15 is 0 Å². The SMILES string of the molecule is CC(NC1CCOC1C)c1cc2ccccc2o1. The summed E-state index contributed by atoms with van der Waals surface area (Å²) in [6.45, 7) is 5.12. The second-order valence-corrected chi connectivity index (χ2v) is 5.05. The summed E-state index contributed by atoms with van der Waals surface area (Å²) < 4.78 is 11.4. The first-order valence-corrected chi connectivity index (χ1v) is 6.60. The maximum Gasteiger partial charge on any atom is 0.134 e. The molecule has 0 radical (unpaired) electrons. The van der Waals surface area contributed by atoms with Gasteiger partial charge < -0.3 is 14.5 Å². The molecule has 0 amide bonds. The number of nitrogens with one attached hydrogen (secondary N) is 1. The Bertz CT molecular complexity index is 501. The van der Waals surface area contributed by atoms with Crippen LogP contribution in [0.4, 0.5) is 0 Å². The van der Waals surface area contributed by atoms with E-state index in [0.717, 1.165) is 29.8 Å². The van der Waals surface area contributed by atoms with Gasteiger partial charge in [-0.2, -0.15) is 0 Å². The van der Waals surface area contributed by atoms with Gasteiger partial charge in [0.25, 0.3) is 0 Å². The van der Waals surface area contributed by atoms with Crippen LogP contribution in [0.15, 0.2) is 34.7 Å². The van der Waals surface area contributed by atoms with Gasteiger partial charge in [-0.15, -0.1) is 0 Å². The third-order valence-corrected chi connectivity index (χ3v) is 3.71. The van der Waals surface area contributed by atoms with Gasteiger partial charge in [0.15, 0.2) is 0 Å². The van der Waals surface area contributed by atoms with Gasteiger partial charge in [0.05, 0.1) is 12.1 Å². The van der Waals surface area contributed by atoms with E-state index in [-0.39, 0.29) is 12.1 Å². The molecule has 2 heterocycles. The molecule has 96 valence electrons. The minimum atomic E-state index is 0.214. The largest absolute Gasteiger partial charge is 0.459 e. The fourth-order valence-electron chi connectivity index (χ4n) is 2.57. The number of para-hydroxylation sites is 1. The van der Waals surface area contributed by atoms with Crippen molar-refractivity contribution in [3.8, 4) is 0 Å². The van der Waals surface area contributed by atoms with Crippen molar-refractivity contribution >= 4 is 11.0 Å². The van der Waals surface area contributed by atoms with Crippen LogP contribution in [-0.4, -0.2) is 18.8 Å². The molecule has 1 aromatic carbocycles. The molecule has 3 unspecified atom stereocenters. The van der Waals surface area contributed by atoms with E-state index < -0.39 is 0 Å². The molecule has 1 fully saturated rings. The van der Waals surface area contributed by atoms with Crippen LogP contribution in [0.5, 0.6) is 0 Å². The summed E-state index contributed by atoms with van der Waals surface area (Å²) in [6, 6.07) is 10.9. The molecule has 1 aliphatic heterocycles. The molecule has 3 nitrogen and oxygen atoms in total. The average Bonchev–Trinajstić information content (AvgIpc) is 2.96. The molecule has 1 N–H and O–H groups in total. The van der Waals surface area contributed by atoms with Gasteiger partial charge in [0, 0.05) is 18.0 Å². The van der Waals surface area contributed by atoms with Crippen molar-refractivity contribution in [3.63, 3.8) is 0 Å². The summed E-state index contributed by atoms with van der Waals surface area (Å²) in [6.07, 6.45) is 1.36. The van der Waals surface area contributed by atoms with Crippen LogP contribution in [-0.2, 0) is 4.74 Å². The third kappa shape index (κ3) is 2.16. The first-order valence-electron chi connectivity index (χ1n) is 6.60. The van der Waals surface area contributed by atoms with Crippen molar-refractivity contribution in [3.05, 3.63) is 36.1 Å². The molecule has 2 aromatic rings. The molecule has 18 heavy (non-hydrogen) atoms. The van der Waals surface area contributed by atoms with E-state index in [1.807, 2.05) is 18.2 Å². The van der Waals surface area contributed by atoms with E-state index in [9.17, 15) is 0 Å². The van der Waals surface area contributed by atoms with Gasteiger partial charge in [-0.25, -0.2) is 0 Å². The lowest BCUT2D eigenvalue weighted by Crippen LogP contribution is -2.36. The van der Waals surface area contributed by atoms with Crippen molar-refractivity contribution in [1.29, 1.82) is 0 Å². The van der Waals surface area contributed by atoms with Crippen LogP contribution in [0.3, 0.4) is 0 Å². The molecular weight excluding hydrogens is 226 g/mol. The number of fused-ring (bicyclic) bond motifs is 1. The molecule has 1 aliphatic rings. The zero-order valence-corrected chi connectivity index (χ0v) is 10.8. The van der Waals surface area contributed by atoms with Crippen molar-refractivity contribution in [1.82, 2.24) is 5.32 Å². The van der Waals surface area contributed by atoms with Gasteiger partial charge in [0.2, 0.25) is 0 Å². The van der Waals surface area contributed by atoms with Gasteiger partial charge >= 0.3 is 0 Å². The Labute approximate surface area is 107 Å². The number of benzene rings is 1. The van der Waals surface area contributed by atoms with Crippen LogP contribution >= 0.6 is 0 Å². The quantitative estimate of drug-likeness (QED) is 0.901. The minimum absolute atomic E-state index is 0.214. The number of hydrogen-bond donors (Lipinski definition) is 1. The van der Waals surface area contributed by atoms with Crippen LogP contribution in [0.1, 0.15) is 32.1 Å². The summed E-state index contributed by atoms with van der Waals surface area (Å²) in [5, 5.41) is 4.75. The highest BCUT2D eigenvalue weighted by Gasteiger charge is 2.26. The maximum atomic E-state index is 5.87. The van der Waals surface area contributed by atoms with Gasteiger partial charge in [0.1, 0.15) is 11.3 Å². The maximum absolute atomic E-state index is 5.87. The van der Waals surface area contributed by atoms with Gasteiger partial charge in [-0.1, -0.05) is 18.2 Å². The van der Waals surface area contributed by atoms with Crippen molar-refractivity contribution in [2.75, 3.05) is 6.61 Å². The molecule has 1 saturated heterocycles. The standard InChI is InChI=1S/C15H19NO2/c1-10(16-13-7-8-17-11(13)2)15-9-12-5-3-4-6-14(12)18-15/h3-6,9-11,13,16H,7-8H2,1-2H3. The molecule has 0 aliphatic carbocycles. The predicted octanol–water partition coefficient (Wildman–Crippen LogP) is 3.26. The predicted molar refractivity (Wildman–Crippen MR) is 71.6 cm³/mol. The smallest absolute Gasteiger partial charge is 0.134 e. The second-order valence-electron chi connectivity index (χ2n) is 5.05. The molecule has 3 heteroatoms. The van der Waals surface area contributed by atoms with Crippen LogP contribution in [0.2, 0.25) is 0 Å². The topological polar surface area (TPSA) is 34.4 Å². The lowest BCUT2D eigenvalue weighted by atomic mass is 10.1. The van der Waals surface area contributed by atoms with E-state index in [4.69, 9.17) is 9.15 Å². The highest BCUT2D eigenvalue weighted by Crippen LogP contribution is 2.25. The monoisotopic (exact) mass is 245 g/mol. The first kappa shape index (κ1) is 11.8. The van der Waals surface area contributed by atoms with E-state index in [1.165, 1.54) is 0 Å². The van der Waals surface area contributed by atoms with Crippen molar-refractivity contribution in [2.24, 2.45) is 0 Å². The molecule has 0 spiro atoms. The van der Waals surface area contributed by atoms with E-state index in [2.05, 4.69) is 31.3 Å². The number of rotatable bonds is 3. The molecule has 3 atom stereocenters. The molecule has 3 rings (SSSR count). The Kier molecular flexibility index (Phi) is 3.10. The van der Waals surface area contributed by atoms with E-state index in [1.54, 1.807) is 0 Å². The summed E-state index contributed by atoms with van der Waals surface area (Å²) in [4.78, 5) is 0. The van der Waals surface area contributed by atoms with Gasteiger partial charge in [-0.05, 0) is 32.4 Å². The Morgan fingerprint density at radius 3 is 2.89 bits per heavy atom. The van der Waals surface area contributed by atoms with Crippen LogP contribution in [0, 0.1) is 0 Å². The minimum Gasteiger partial charge on any atom is -0.459 e. The summed E-state index contributed by atoms with van der Waals surface area (Å²) in [5.41, 5.74) is 0.955. The fourth-order valence-corrected chi connectivity index (χ4v) is 2.57. The highest BCUT2D eigenvalue weighted by molar-refractivity contribution is 5.77. The van der Waals surface area contributed by atoms with Gasteiger partial charge in [-0.3, -0.25) is 0 Å². The zero-order valence-electron chi connectivity index (χ0n) is 10.8. The number of hydrogen-bond acceptors (Lipinski definition) is 3. The third-order valence-electron chi connectivity index (χ3n) is 3.71. The Hall–Kier alpha value is -1.32. The molecule has 0 bridgehead atoms. The van der Waals surface area contributed by atoms with Crippen molar-refractivity contribution < 1.29 is 9.15 Å². The van der Waals surface area contributed by atoms with Crippen LogP contribution in [0.25, 0.3) is 11.0 Å². The first-order chi connectivity index (χ1) is 8.74. The summed E-state index contributed by atoms with van der Waals surface area (Å²) in [5.74, 6) is 0.996. The highest BCUT2D eigenvalue weighted by atomic mass is 16.5. The Morgan fingerprint density at radius 2 is 2.17 bits per heavy atom. The van der Waals surface area contributed by atoms with E-state index in [0.29, 0.717) is 6.04 Å². The lowest BCUT2D eigenvalue weighted by Gasteiger charge is -2.20. The van der Waals surface area contributed by atoms with Crippen LogP contribution < -0.4 is 5.32 Å². The Balaban J connectivity index is 1.77. The van der Waals surface area contributed by atoms with Crippen molar-refractivity contribution in [2.45, 2.75) is 38.5 Å². The fraction of sp³-hybridized carbons (Fsp3) is 0.467.